The highest BCUT2D eigenvalue weighted by molar-refractivity contribution is 7.93. The zero-order valence-electron chi connectivity index (χ0n) is 14.9. The Morgan fingerprint density at radius 2 is 1.78 bits per heavy atom. The fourth-order valence-electron chi connectivity index (χ4n) is 3.34. The molecule has 0 aromatic heterocycles. The number of anilines is 2. The Morgan fingerprint density at radius 1 is 1.04 bits per heavy atom. The molecule has 138 valence electrons. The second-order valence-corrected chi connectivity index (χ2v) is 7.89. The van der Waals surface area contributed by atoms with Gasteiger partial charge in [0.1, 0.15) is 5.75 Å². The van der Waals surface area contributed by atoms with Gasteiger partial charge in [0, 0.05) is 29.1 Å². The van der Waals surface area contributed by atoms with E-state index in [-0.39, 0.29) is 10.8 Å². The van der Waals surface area contributed by atoms with Gasteiger partial charge in [0.25, 0.3) is 15.9 Å². The van der Waals surface area contributed by atoms with Crippen LogP contribution in [0.4, 0.5) is 11.4 Å². The normalized spacial score (nSPS) is 13.3. The summed E-state index contributed by atoms with van der Waals surface area (Å²) in [6.07, 6.45) is 0. The number of benzene rings is 3. The van der Waals surface area contributed by atoms with Gasteiger partial charge < -0.3 is 9.64 Å². The van der Waals surface area contributed by atoms with Gasteiger partial charge in [-0.1, -0.05) is 12.1 Å². The zero-order valence-corrected chi connectivity index (χ0v) is 15.7. The van der Waals surface area contributed by atoms with Crippen molar-refractivity contribution >= 4 is 38.1 Å². The molecule has 27 heavy (non-hydrogen) atoms. The van der Waals surface area contributed by atoms with E-state index in [1.165, 1.54) is 11.0 Å². The summed E-state index contributed by atoms with van der Waals surface area (Å²) in [5, 5.41) is 1.20. The number of ether oxygens (including phenoxy) is 1. The Bertz CT molecular complexity index is 1150. The van der Waals surface area contributed by atoms with E-state index in [2.05, 4.69) is 4.72 Å². The molecule has 0 unspecified atom stereocenters. The van der Waals surface area contributed by atoms with Crippen molar-refractivity contribution in [1.29, 1.82) is 0 Å². The lowest BCUT2D eigenvalue weighted by molar-refractivity contribution is 0.0999. The van der Waals surface area contributed by atoms with E-state index in [1.54, 1.807) is 55.6 Å². The van der Waals surface area contributed by atoms with Crippen LogP contribution in [-0.2, 0) is 10.0 Å². The van der Waals surface area contributed by atoms with Crippen LogP contribution in [0.2, 0.25) is 0 Å². The Hall–Kier alpha value is -3.06. The first-order valence-electron chi connectivity index (χ1n) is 8.52. The molecule has 1 amide bonds. The van der Waals surface area contributed by atoms with Crippen LogP contribution in [0, 0.1) is 0 Å². The minimum atomic E-state index is -3.83. The van der Waals surface area contributed by atoms with Gasteiger partial charge in [0.2, 0.25) is 0 Å². The first-order chi connectivity index (χ1) is 12.9. The maximum atomic E-state index is 13.0. The van der Waals surface area contributed by atoms with Crippen molar-refractivity contribution in [2.24, 2.45) is 0 Å². The van der Waals surface area contributed by atoms with Crippen LogP contribution in [0.1, 0.15) is 17.3 Å². The van der Waals surface area contributed by atoms with E-state index in [4.69, 9.17) is 4.74 Å². The summed E-state index contributed by atoms with van der Waals surface area (Å²) in [6, 6.07) is 15.1. The second kappa shape index (κ2) is 6.28. The third-order valence-electron chi connectivity index (χ3n) is 4.58. The van der Waals surface area contributed by atoms with Gasteiger partial charge in [0.15, 0.2) is 0 Å². The Balaban J connectivity index is 1.77. The summed E-state index contributed by atoms with van der Waals surface area (Å²) in [7, 11) is -2.14. The molecule has 0 radical (unpaired) electrons. The van der Waals surface area contributed by atoms with Crippen LogP contribution < -0.4 is 14.4 Å². The molecule has 7 heteroatoms. The van der Waals surface area contributed by atoms with Crippen molar-refractivity contribution in [3.63, 3.8) is 0 Å². The molecule has 0 spiro atoms. The average molecular weight is 382 g/mol. The molecule has 0 fully saturated rings. The third-order valence-corrected chi connectivity index (χ3v) is 6.02. The van der Waals surface area contributed by atoms with E-state index < -0.39 is 10.0 Å². The van der Waals surface area contributed by atoms with Crippen molar-refractivity contribution in [3.8, 4) is 5.75 Å². The van der Waals surface area contributed by atoms with Crippen molar-refractivity contribution in [2.75, 3.05) is 23.3 Å². The molecule has 1 aliphatic rings. The first kappa shape index (κ1) is 17.4. The summed E-state index contributed by atoms with van der Waals surface area (Å²) in [4.78, 5) is 14.0. The fourth-order valence-corrected chi connectivity index (χ4v) is 4.60. The highest BCUT2D eigenvalue weighted by Gasteiger charge is 2.30. The van der Waals surface area contributed by atoms with Crippen molar-refractivity contribution < 1.29 is 17.9 Å². The van der Waals surface area contributed by atoms with Gasteiger partial charge in [-0.3, -0.25) is 9.52 Å². The summed E-state index contributed by atoms with van der Waals surface area (Å²) in [5.41, 5.74) is 1.67. The number of nitrogens with zero attached hydrogens (tertiary/aromatic N) is 1. The molecule has 0 saturated carbocycles. The Labute approximate surface area is 157 Å². The molecule has 1 heterocycles. The average Bonchev–Trinajstić information content (AvgIpc) is 2.90. The molecule has 0 aliphatic carbocycles. The number of sulfonamides is 1. The van der Waals surface area contributed by atoms with Gasteiger partial charge >= 0.3 is 0 Å². The number of carbonyl (C=O) groups excluding carboxylic acids is 1. The molecule has 1 N–H and O–H groups in total. The van der Waals surface area contributed by atoms with E-state index in [1.807, 2.05) is 6.92 Å². The lowest BCUT2D eigenvalue weighted by atomic mass is 10.1. The van der Waals surface area contributed by atoms with Gasteiger partial charge in [-0.25, -0.2) is 8.42 Å². The highest BCUT2D eigenvalue weighted by Crippen LogP contribution is 2.39. The molecular formula is C20H18N2O4S. The molecule has 3 aromatic carbocycles. The van der Waals surface area contributed by atoms with E-state index in [9.17, 15) is 13.2 Å². The predicted molar refractivity (Wildman–Crippen MR) is 105 cm³/mol. The van der Waals surface area contributed by atoms with Crippen molar-refractivity contribution in [2.45, 2.75) is 11.8 Å². The van der Waals surface area contributed by atoms with E-state index in [0.717, 1.165) is 0 Å². The monoisotopic (exact) mass is 382 g/mol. The molecule has 4 rings (SSSR count). The second-order valence-electron chi connectivity index (χ2n) is 6.24. The zero-order chi connectivity index (χ0) is 19.2. The largest absolute Gasteiger partial charge is 0.494 e. The van der Waals surface area contributed by atoms with Crippen molar-refractivity contribution in [1.82, 2.24) is 0 Å². The maximum absolute atomic E-state index is 13.0. The van der Waals surface area contributed by atoms with Crippen LogP contribution in [0.3, 0.4) is 0 Å². The number of nitrogens with one attached hydrogen (secondary N) is 1. The summed E-state index contributed by atoms with van der Waals surface area (Å²) >= 11 is 0. The molecular weight excluding hydrogens is 364 g/mol. The number of hydrogen-bond donors (Lipinski definition) is 1. The molecule has 0 atom stereocenters. The summed E-state index contributed by atoms with van der Waals surface area (Å²) in [5.74, 6) is 0.539. The predicted octanol–water partition coefficient (Wildman–Crippen LogP) is 3.63. The standard InChI is InChI=1S/C20H18N2O4S/c1-3-26-14-9-7-13(8-10-14)21-27(24,25)18-12-11-17-19-15(18)5-4-6-16(19)20(23)22(17)2/h4-12,21H,3H2,1-2H3. The van der Waals surface area contributed by atoms with Gasteiger partial charge in [-0.05, 0) is 49.4 Å². The smallest absolute Gasteiger partial charge is 0.262 e. The Kier molecular flexibility index (Phi) is 4.04. The van der Waals surface area contributed by atoms with Crippen LogP contribution >= 0.6 is 0 Å². The summed E-state index contributed by atoms with van der Waals surface area (Å²) in [6.45, 7) is 2.42. The molecule has 1 aliphatic heterocycles. The van der Waals surface area contributed by atoms with Crippen LogP contribution in [-0.4, -0.2) is 28.0 Å². The van der Waals surface area contributed by atoms with Gasteiger partial charge in [-0.2, -0.15) is 0 Å². The molecule has 6 nitrogen and oxygen atoms in total. The molecule has 0 saturated heterocycles. The van der Waals surface area contributed by atoms with Crippen molar-refractivity contribution in [3.05, 3.63) is 60.2 Å². The fraction of sp³-hybridized carbons (Fsp3) is 0.150. The SMILES string of the molecule is CCOc1ccc(NS(=O)(=O)c2ccc3c4c(cccc24)C(=O)N3C)cc1. The molecule has 3 aromatic rings. The number of hydrogen-bond acceptors (Lipinski definition) is 4. The minimum Gasteiger partial charge on any atom is -0.494 e. The maximum Gasteiger partial charge on any atom is 0.262 e. The topological polar surface area (TPSA) is 75.7 Å². The third kappa shape index (κ3) is 2.80. The number of rotatable bonds is 5. The van der Waals surface area contributed by atoms with Crippen LogP contribution in [0.15, 0.2) is 59.5 Å². The van der Waals surface area contributed by atoms with Crippen LogP contribution in [0.25, 0.3) is 10.8 Å². The quantitative estimate of drug-likeness (QED) is 0.731. The number of amides is 1. The molecule has 0 bridgehead atoms. The lowest BCUT2D eigenvalue weighted by Crippen LogP contribution is -2.20. The Morgan fingerprint density at radius 3 is 2.48 bits per heavy atom. The van der Waals surface area contributed by atoms with Crippen LogP contribution in [0.5, 0.6) is 5.75 Å². The summed E-state index contributed by atoms with van der Waals surface area (Å²) < 4.78 is 34.0. The van der Waals surface area contributed by atoms with E-state index >= 15 is 0 Å². The van der Waals surface area contributed by atoms with E-state index in [0.29, 0.717) is 40.1 Å². The lowest BCUT2D eigenvalue weighted by Gasteiger charge is -2.13. The minimum absolute atomic E-state index is 0.135. The highest BCUT2D eigenvalue weighted by atomic mass is 32.2. The van der Waals surface area contributed by atoms with Gasteiger partial charge in [0.05, 0.1) is 17.2 Å². The first-order valence-corrected chi connectivity index (χ1v) is 10.00. The van der Waals surface area contributed by atoms with Gasteiger partial charge in [-0.15, -0.1) is 0 Å². The number of carbonyl (C=O) groups is 1.